The van der Waals surface area contributed by atoms with Crippen LogP contribution < -0.4 is 5.73 Å². The van der Waals surface area contributed by atoms with Gasteiger partial charge >= 0.3 is 5.97 Å². The molecule has 0 saturated heterocycles. The summed E-state index contributed by atoms with van der Waals surface area (Å²) in [6, 6.07) is 1.75. The molecule has 1 aliphatic carbocycles. The highest BCUT2D eigenvalue weighted by Crippen LogP contribution is 2.43. The first-order chi connectivity index (χ1) is 7.63. The van der Waals surface area contributed by atoms with Gasteiger partial charge in [-0.1, -0.05) is 6.92 Å². The number of carboxylic acids is 1. The molecule has 1 fully saturated rings. The van der Waals surface area contributed by atoms with E-state index in [1.807, 2.05) is 0 Å². The zero-order chi connectivity index (χ0) is 11.7. The number of nitrogens with zero attached hydrogens (tertiary/aromatic N) is 1. The summed E-state index contributed by atoms with van der Waals surface area (Å²) in [4.78, 5) is 16.2. The van der Waals surface area contributed by atoms with Crippen molar-refractivity contribution in [3.8, 4) is 0 Å². The van der Waals surface area contributed by atoms with Gasteiger partial charge in [-0.25, -0.2) is 9.78 Å². The molecule has 86 valence electrons. The largest absolute Gasteiger partial charge is 0.476 e. The van der Waals surface area contributed by atoms with Crippen LogP contribution in [0.4, 0.5) is 5.69 Å². The predicted octanol–water partition coefficient (Wildman–Crippen LogP) is 2.35. The summed E-state index contributed by atoms with van der Waals surface area (Å²) in [6.07, 6.45) is 2.21. The van der Waals surface area contributed by atoms with Crippen LogP contribution >= 0.6 is 11.8 Å². The molecule has 1 saturated carbocycles. The highest BCUT2D eigenvalue weighted by atomic mass is 32.2. The Morgan fingerprint density at radius 3 is 2.88 bits per heavy atom. The molecule has 3 N–H and O–H groups in total. The van der Waals surface area contributed by atoms with Crippen LogP contribution in [0.15, 0.2) is 11.0 Å². The van der Waals surface area contributed by atoms with E-state index < -0.39 is 5.97 Å². The zero-order valence-electron chi connectivity index (χ0n) is 9.06. The molecule has 0 spiro atoms. The van der Waals surface area contributed by atoms with Crippen molar-refractivity contribution in [3.63, 3.8) is 0 Å². The maximum absolute atomic E-state index is 10.9. The van der Waals surface area contributed by atoms with E-state index in [2.05, 4.69) is 11.9 Å². The minimum atomic E-state index is -1.05. The van der Waals surface area contributed by atoms with E-state index >= 15 is 0 Å². The monoisotopic (exact) mass is 238 g/mol. The number of aromatic carboxylic acids is 1. The van der Waals surface area contributed by atoms with E-state index in [1.54, 1.807) is 17.8 Å². The van der Waals surface area contributed by atoms with E-state index in [9.17, 15) is 4.79 Å². The molecule has 0 bridgehead atoms. The number of nitrogens with two attached hydrogens (primary N) is 1. The molecule has 5 heteroatoms. The van der Waals surface area contributed by atoms with E-state index in [1.165, 1.54) is 0 Å². The molecule has 0 aromatic carbocycles. The van der Waals surface area contributed by atoms with Gasteiger partial charge in [0, 0.05) is 10.8 Å². The maximum atomic E-state index is 10.9. The van der Waals surface area contributed by atoms with E-state index in [4.69, 9.17) is 10.8 Å². The third-order valence-corrected chi connectivity index (χ3v) is 3.44. The second kappa shape index (κ2) is 4.33. The Labute approximate surface area is 98.3 Å². The highest BCUT2D eigenvalue weighted by Gasteiger charge is 2.29. The van der Waals surface area contributed by atoms with Crippen LogP contribution in [0.2, 0.25) is 0 Å². The molecule has 0 atom stereocenters. The van der Waals surface area contributed by atoms with Gasteiger partial charge in [-0.15, -0.1) is 11.8 Å². The highest BCUT2D eigenvalue weighted by molar-refractivity contribution is 7.99. The van der Waals surface area contributed by atoms with Crippen molar-refractivity contribution < 1.29 is 9.90 Å². The molecule has 0 amide bonds. The summed E-state index contributed by atoms with van der Waals surface area (Å²) in [7, 11) is 0. The van der Waals surface area contributed by atoms with Crippen LogP contribution in [0.3, 0.4) is 0 Å². The fourth-order valence-electron chi connectivity index (χ4n) is 1.62. The Morgan fingerprint density at radius 1 is 1.69 bits per heavy atom. The molecule has 1 aromatic rings. The molecule has 16 heavy (non-hydrogen) atoms. The predicted molar refractivity (Wildman–Crippen MR) is 64.0 cm³/mol. The number of carbonyl (C=O) groups is 1. The van der Waals surface area contributed by atoms with Gasteiger partial charge in [0.05, 0.1) is 11.4 Å². The molecule has 1 aromatic heterocycles. The van der Waals surface area contributed by atoms with Gasteiger partial charge in [-0.2, -0.15) is 0 Å². The Kier molecular flexibility index (Phi) is 3.05. The minimum absolute atomic E-state index is 0.0117. The van der Waals surface area contributed by atoms with Crippen LogP contribution in [-0.2, 0) is 0 Å². The van der Waals surface area contributed by atoms with Crippen molar-refractivity contribution in [2.24, 2.45) is 0 Å². The van der Waals surface area contributed by atoms with Gasteiger partial charge in [0.25, 0.3) is 0 Å². The minimum Gasteiger partial charge on any atom is -0.476 e. The quantitative estimate of drug-likeness (QED) is 0.787. The maximum Gasteiger partial charge on any atom is 0.356 e. The van der Waals surface area contributed by atoms with E-state index in [-0.39, 0.29) is 11.4 Å². The Hall–Kier alpha value is -1.23. The van der Waals surface area contributed by atoms with Crippen molar-refractivity contribution >= 4 is 23.4 Å². The Morgan fingerprint density at radius 2 is 2.38 bits per heavy atom. The second-order valence-corrected chi connectivity index (χ2v) is 5.13. The summed E-state index contributed by atoms with van der Waals surface area (Å²) in [5.74, 6) is 0.327. The molecular weight excluding hydrogens is 224 g/mol. The Bertz CT molecular complexity index is 430. The number of hydrogen-bond donors (Lipinski definition) is 2. The first-order valence-electron chi connectivity index (χ1n) is 5.30. The van der Waals surface area contributed by atoms with Crippen LogP contribution in [0.25, 0.3) is 0 Å². The van der Waals surface area contributed by atoms with Crippen molar-refractivity contribution in [3.05, 3.63) is 17.5 Å². The van der Waals surface area contributed by atoms with Crippen LogP contribution in [0.5, 0.6) is 0 Å². The fraction of sp³-hybridized carbons (Fsp3) is 0.455. The summed E-state index contributed by atoms with van der Waals surface area (Å²) in [5.41, 5.74) is 6.85. The summed E-state index contributed by atoms with van der Waals surface area (Å²) >= 11 is 1.67. The molecule has 0 unspecified atom stereocenters. The third kappa shape index (κ3) is 2.14. The number of hydrogen-bond acceptors (Lipinski definition) is 4. The number of carboxylic acid groups (broad SMARTS) is 1. The standard InChI is InChI=1S/C11H14N2O2S/c1-2-16-8-5-7(12)10(11(14)15)13-9(8)6-3-4-6/h5-6H,2-4,12H2,1H3,(H,14,15). The van der Waals surface area contributed by atoms with Crippen molar-refractivity contribution in [1.29, 1.82) is 0 Å². The lowest BCUT2D eigenvalue weighted by Crippen LogP contribution is -2.08. The summed E-state index contributed by atoms with van der Waals surface area (Å²) < 4.78 is 0. The molecule has 1 heterocycles. The number of anilines is 1. The van der Waals surface area contributed by atoms with Gasteiger partial charge in [0.2, 0.25) is 0 Å². The summed E-state index contributed by atoms with van der Waals surface area (Å²) in [6.45, 7) is 2.06. The van der Waals surface area contributed by atoms with Crippen molar-refractivity contribution in [2.75, 3.05) is 11.5 Å². The van der Waals surface area contributed by atoms with Crippen molar-refractivity contribution in [2.45, 2.75) is 30.6 Å². The number of aromatic nitrogens is 1. The van der Waals surface area contributed by atoms with Gasteiger partial charge in [0.1, 0.15) is 0 Å². The summed E-state index contributed by atoms with van der Waals surface area (Å²) in [5, 5.41) is 8.96. The normalized spacial score (nSPS) is 15.1. The van der Waals surface area contributed by atoms with Gasteiger partial charge in [0.15, 0.2) is 5.69 Å². The zero-order valence-corrected chi connectivity index (χ0v) is 9.88. The lowest BCUT2D eigenvalue weighted by Gasteiger charge is -2.09. The lowest BCUT2D eigenvalue weighted by atomic mass is 10.2. The number of thioether (sulfide) groups is 1. The fourth-order valence-corrected chi connectivity index (χ4v) is 2.50. The molecule has 0 radical (unpaired) electrons. The van der Waals surface area contributed by atoms with E-state index in [0.717, 1.165) is 29.2 Å². The van der Waals surface area contributed by atoms with Crippen LogP contribution in [-0.4, -0.2) is 21.8 Å². The SMILES string of the molecule is CCSc1cc(N)c(C(=O)O)nc1C1CC1. The lowest BCUT2D eigenvalue weighted by molar-refractivity contribution is 0.0691. The molecule has 0 aliphatic heterocycles. The van der Waals surface area contributed by atoms with Gasteiger partial charge < -0.3 is 10.8 Å². The second-order valence-electron chi connectivity index (χ2n) is 3.82. The van der Waals surface area contributed by atoms with Crippen LogP contribution in [0, 0.1) is 0 Å². The molecule has 2 rings (SSSR count). The Balaban J connectivity index is 2.45. The molecule has 4 nitrogen and oxygen atoms in total. The first-order valence-corrected chi connectivity index (χ1v) is 6.28. The molecular formula is C11H14N2O2S. The smallest absolute Gasteiger partial charge is 0.356 e. The van der Waals surface area contributed by atoms with Gasteiger partial charge in [-0.05, 0) is 24.7 Å². The third-order valence-electron chi connectivity index (χ3n) is 2.51. The van der Waals surface area contributed by atoms with Crippen molar-refractivity contribution in [1.82, 2.24) is 4.98 Å². The number of pyridine rings is 1. The number of rotatable bonds is 4. The average molecular weight is 238 g/mol. The average Bonchev–Trinajstić information content (AvgIpc) is 3.01. The topological polar surface area (TPSA) is 76.2 Å². The van der Waals surface area contributed by atoms with E-state index in [0.29, 0.717) is 5.92 Å². The van der Waals surface area contributed by atoms with Gasteiger partial charge in [-0.3, -0.25) is 0 Å². The number of nitrogen functional groups attached to an aromatic ring is 1. The molecule has 1 aliphatic rings. The van der Waals surface area contributed by atoms with Crippen LogP contribution in [0.1, 0.15) is 41.9 Å². The first kappa shape index (κ1) is 11.3.